The van der Waals surface area contributed by atoms with Gasteiger partial charge in [0.15, 0.2) is 4.34 Å². The third kappa shape index (κ3) is 2.94. The van der Waals surface area contributed by atoms with Crippen LogP contribution in [0.4, 0.5) is 0 Å². The second kappa shape index (κ2) is 5.69. The lowest BCUT2D eigenvalue weighted by Crippen LogP contribution is -2.02. The summed E-state index contributed by atoms with van der Waals surface area (Å²) in [5.74, 6) is 0. The van der Waals surface area contributed by atoms with Crippen molar-refractivity contribution in [3.05, 3.63) is 48.2 Å². The normalized spacial score (nSPS) is 11.0. The summed E-state index contributed by atoms with van der Waals surface area (Å²) in [6, 6.07) is 12.3. The van der Waals surface area contributed by atoms with Crippen molar-refractivity contribution in [3.63, 3.8) is 0 Å². The van der Waals surface area contributed by atoms with Crippen LogP contribution in [0.2, 0.25) is 0 Å². The molecule has 0 spiro atoms. The third-order valence-corrected chi connectivity index (χ3v) is 4.74. The standard InChI is InChI=1S/C14H13N3S2/c15-8-7-10-5-6-13(16-9-10)19-14-17-11-3-1-2-4-12(11)18-14/h1-6,9H,7-8,15H2. The molecule has 0 saturated carbocycles. The summed E-state index contributed by atoms with van der Waals surface area (Å²) in [5, 5.41) is 0.972. The van der Waals surface area contributed by atoms with E-state index in [0.29, 0.717) is 6.54 Å². The van der Waals surface area contributed by atoms with Crippen molar-refractivity contribution in [1.29, 1.82) is 0 Å². The van der Waals surface area contributed by atoms with E-state index in [-0.39, 0.29) is 0 Å². The highest BCUT2D eigenvalue weighted by Gasteiger charge is 2.05. The topological polar surface area (TPSA) is 51.8 Å². The van der Waals surface area contributed by atoms with E-state index in [1.54, 1.807) is 23.1 Å². The van der Waals surface area contributed by atoms with Gasteiger partial charge in [-0.05, 0) is 48.5 Å². The van der Waals surface area contributed by atoms with E-state index in [9.17, 15) is 0 Å². The van der Waals surface area contributed by atoms with Gasteiger partial charge in [0, 0.05) is 6.20 Å². The molecule has 0 amide bonds. The maximum Gasteiger partial charge on any atom is 0.157 e. The highest BCUT2D eigenvalue weighted by atomic mass is 32.2. The molecule has 0 aliphatic rings. The number of aromatic nitrogens is 2. The lowest BCUT2D eigenvalue weighted by atomic mass is 10.2. The van der Waals surface area contributed by atoms with Crippen molar-refractivity contribution < 1.29 is 0 Å². The molecular weight excluding hydrogens is 274 g/mol. The summed E-state index contributed by atoms with van der Waals surface area (Å²) in [4.78, 5) is 9.03. The number of rotatable bonds is 4. The van der Waals surface area contributed by atoms with Gasteiger partial charge in [-0.1, -0.05) is 18.2 Å². The number of nitrogens with zero attached hydrogens (tertiary/aromatic N) is 2. The molecule has 0 saturated heterocycles. The van der Waals surface area contributed by atoms with Gasteiger partial charge < -0.3 is 5.73 Å². The Morgan fingerprint density at radius 1 is 1.16 bits per heavy atom. The van der Waals surface area contributed by atoms with Crippen LogP contribution in [-0.2, 0) is 6.42 Å². The quantitative estimate of drug-likeness (QED) is 0.799. The minimum Gasteiger partial charge on any atom is -0.330 e. The van der Waals surface area contributed by atoms with Crippen molar-refractivity contribution in [1.82, 2.24) is 9.97 Å². The zero-order valence-electron chi connectivity index (χ0n) is 10.2. The zero-order chi connectivity index (χ0) is 13.1. The summed E-state index contributed by atoms with van der Waals surface area (Å²) < 4.78 is 2.24. The van der Waals surface area contributed by atoms with E-state index >= 15 is 0 Å². The first-order chi connectivity index (χ1) is 9.35. The van der Waals surface area contributed by atoms with Crippen molar-refractivity contribution in [2.24, 2.45) is 5.73 Å². The molecule has 3 nitrogen and oxygen atoms in total. The van der Waals surface area contributed by atoms with E-state index in [1.807, 2.05) is 30.5 Å². The Bertz CT molecular complexity index is 643. The van der Waals surface area contributed by atoms with Gasteiger partial charge in [-0.3, -0.25) is 0 Å². The van der Waals surface area contributed by atoms with E-state index < -0.39 is 0 Å². The number of thiazole rings is 1. The number of benzene rings is 1. The monoisotopic (exact) mass is 287 g/mol. The van der Waals surface area contributed by atoms with E-state index in [0.717, 1.165) is 21.3 Å². The number of hydrogen-bond acceptors (Lipinski definition) is 5. The Balaban J connectivity index is 1.80. The molecule has 96 valence electrons. The van der Waals surface area contributed by atoms with Crippen molar-refractivity contribution in [3.8, 4) is 0 Å². The summed E-state index contributed by atoms with van der Waals surface area (Å²) in [6.07, 6.45) is 2.77. The number of nitrogens with two attached hydrogens (primary N) is 1. The van der Waals surface area contributed by atoms with Crippen molar-refractivity contribution in [2.45, 2.75) is 15.8 Å². The van der Waals surface area contributed by atoms with E-state index in [2.05, 4.69) is 22.1 Å². The summed E-state index contributed by atoms with van der Waals surface area (Å²) in [6.45, 7) is 0.659. The molecule has 0 radical (unpaired) electrons. The van der Waals surface area contributed by atoms with Crippen molar-refractivity contribution in [2.75, 3.05) is 6.54 Å². The minimum atomic E-state index is 0.659. The van der Waals surface area contributed by atoms with Crippen LogP contribution in [0.3, 0.4) is 0 Å². The van der Waals surface area contributed by atoms with Crippen LogP contribution in [0.1, 0.15) is 5.56 Å². The van der Waals surface area contributed by atoms with Crippen LogP contribution < -0.4 is 5.73 Å². The Morgan fingerprint density at radius 3 is 2.79 bits per heavy atom. The molecule has 2 N–H and O–H groups in total. The Labute approximate surface area is 119 Å². The van der Waals surface area contributed by atoms with Gasteiger partial charge in [0.05, 0.1) is 10.2 Å². The van der Waals surface area contributed by atoms with Crippen LogP contribution in [0.5, 0.6) is 0 Å². The largest absolute Gasteiger partial charge is 0.330 e. The third-order valence-electron chi connectivity index (χ3n) is 2.70. The fourth-order valence-corrected chi connectivity index (χ4v) is 3.72. The lowest BCUT2D eigenvalue weighted by molar-refractivity contribution is 0.945. The van der Waals surface area contributed by atoms with Crippen LogP contribution >= 0.6 is 23.1 Å². The number of fused-ring (bicyclic) bond motifs is 1. The fourth-order valence-electron chi connectivity index (χ4n) is 1.77. The molecule has 19 heavy (non-hydrogen) atoms. The molecule has 0 aliphatic heterocycles. The average molecular weight is 287 g/mol. The fraction of sp³-hybridized carbons (Fsp3) is 0.143. The molecule has 2 heterocycles. The number of para-hydroxylation sites is 1. The SMILES string of the molecule is NCCc1ccc(Sc2nc3ccccc3s2)nc1. The molecule has 0 aliphatic carbocycles. The van der Waals surface area contributed by atoms with Gasteiger partial charge in [-0.25, -0.2) is 9.97 Å². The van der Waals surface area contributed by atoms with Gasteiger partial charge in [-0.2, -0.15) is 0 Å². The zero-order valence-corrected chi connectivity index (χ0v) is 11.9. The van der Waals surface area contributed by atoms with Crippen molar-refractivity contribution >= 4 is 33.3 Å². The summed E-state index contributed by atoms with van der Waals surface area (Å²) in [5.41, 5.74) is 7.75. The summed E-state index contributed by atoms with van der Waals surface area (Å²) >= 11 is 3.30. The summed E-state index contributed by atoms with van der Waals surface area (Å²) in [7, 11) is 0. The van der Waals surface area contributed by atoms with Crippen LogP contribution in [0, 0.1) is 0 Å². The highest BCUT2D eigenvalue weighted by molar-refractivity contribution is 8.01. The van der Waals surface area contributed by atoms with Crippen LogP contribution in [0.15, 0.2) is 52.0 Å². The molecule has 0 unspecified atom stereocenters. The van der Waals surface area contributed by atoms with Gasteiger partial charge in [0.1, 0.15) is 5.03 Å². The Kier molecular flexibility index (Phi) is 3.77. The first-order valence-electron chi connectivity index (χ1n) is 6.03. The Hall–Kier alpha value is -1.43. The van der Waals surface area contributed by atoms with E-state index in [4.69, 9.17) is 5.73 Å². The average Bonchev–Trinajstić information content (AvgIpc) is 2.83. The lowest BCUT2D eigenvalue weighted by Gasteiger charge is -1.99. The second-order valence-corrected chi connectivity index (χ2v) is 6.39. The molecule has 1 aromatic carbocycles. The van der Waals surface area contributed by atoms with Crippen LogP contribution in [0.25, 0.3) is 10.2 Å². The maximum absolute atomic E-state index is 5.52. The molecular formula is C14H13N3S2. The number of hydrogen-bond donors (Lipinski definition) is 1. The molecule has 0 atom stereocenters. The maximum atomic E-state index is 5.52. The molecule has 3 rings (SSSR count). The van der Waals surface area contributed by atoms with Gasteiger partial charge in [-0.15, -0.1) is 11.3 Å². The van der Waals surface area contributed by atoms with Gasteiger partial charge in [0.25, 0.3) is 0 Å². The second-order valence-electron chi connectivity index (χ2n) is 4.09. The predicted molar refractivity (Wildman–Crippen MR) is 80.7 cm³/mol. The first kappa shape index (κ1) is 12.6. The molecule has 5 heteroatoms. The molecule has 2 aromatic heterocycles. The Morgan fingerprint density at radius 2 is 2.05 bits per heavy atom. The van der Waals surface area contributed by atoms with E-state index in [1.165, 1.54) is 10.3 Å². The number of pyridine rings is 1. The predicted octanol–water partition coefficient (Wildman–Crippen LogP) is 3.34. The van der Waals surface area contributed by atoms with Crippen LogP contribution in [-0.4, -0.2) is 16.5 Å². The van der Waals surface area contributed by atoms with Gasteiger partial charge >= 0.3 is 0 Å². The molecule has 0 fully saturated rings. The molecule has 3 aromatic rings. The highest BCUT2D eigenvalue weighted by Crippen LogP contribution is 2.33. The first-order valence-corrected chi connectivity index (χ1v) is 7.67. The smallest absolute Gasteiger partial charge is 0.157 e. The van der Waals surface area contributed by atoms with Gasteiger partial charge in [0.2, 0.25) is 0 Å². The molecule has 0 bridgehead atoms. The minimum absolute atomic E-state index is 0.659.